The highest BCUT2D eigenvalue weighted by Crippen LogP contribution is 2.09. The van der Waals surface area contributed by atoms with Gasteiger partial charge in [-0.05, 0) is 6.07 Å². The predicted molar refractivity (Wildman–Crippen MR) is 41.2 cm³/mol. The van der Waals surface area contributed by atoms with E-state index < -0.39 is 24.4 Å². The monoisotopic (exact) mass is 184 g/mol. The van der Waals surface area contributed by atoms with Gasteiger partial charge < -0.3 is 10.2 Å². The van der Waals surface area contributed by atoms with Gasteiger partial charge in [0.05, 0.1) is 6.42 Å². The van der Waals surface area contributed by atoms with Crippen molar-refractivity contribution < 1.29 is 19.8 Å². The Morgan fingerprint density at radius 2 is 2.15 bits per heavy atom. The highest BCUT2D eigenvalue weighted by atomic mass is 16.4. The van der Waals surface area contributed by atoms with Crippen LogP contribution >= 0.6 is 0 Å². The van der Waals surface area contributed by atoms with Gasteiger partial charge >= 0.3 is 11.9 Å². The second-order valence-corrected chi connectivity index (χ2v) is 2.44. The van der Waals surface area contributed by atoms with E-state index >= 15 is 0 Å². The predicted octanol–water partition coefficient (Wildman–Crippen LogP) is -0.0165. The Bertz CT molecular complexity index is 306. The van der Waals surface area contributed by atoms with Gasteiger partial charge in [0.1, 0.15) is 0 Å². The van der Waals surface area contributed by atoms with Gasteiger partial charge in [-0.15, -0.1) is 0 Å². The molecular weight excluding hydrogens is 176 g/mol. The highest BCUT2D eigenvalue weighted by molar-refractivity contribution is 5.79. The van der Waals surface area contributed by atoms with Crippen molar-refractivity contribution in [3.05, 3.63) is 18.5 Å². The maximum atomic E-state index is 10.6. The number of hydrogen-bond donors (Lipinski definition) is 2. The fourth-order valence-electron chi connectivity index (χ4n) is 0.924. The first-order valence-corrected chi connectivity index (χ1v) is 3.55. The minimum absolute atomic E-state index is 0.475. The van der Waals surface area contributed by atoms with Crippen LogP contribution in [0.25, 0.3) is 0 Å². The lowest BCUT2D eigenvalue weighted by Gasteiger charge is -2.09. The zero-order valence-corrected chi connectivity index (χ0v) is 6.62. The molecule has 0 aliphatic carbocycles. The SMILES string of the molecule is O=C(O)CC(C(=O)O)n1cccn1. The van der Waals surface area contributed by atoms with E-state index in [-0.39, 0.29) is 0 Å². The largest absolute Gasteiger partial charge is 0.481 e. The average molecular weight is 184 g/mol. The maximum absolute atomic E-state index is 10.6. The van der Waals surface area contributed by atoms with Crippen LogP contribution in [0.2, 0.25) is 0 Å². The van der Waals surface area contributed by atoms with Crippen molar-refractivity contribution >= 4 is 11.9 Å². The van der Waals surface area contributed by atoms with Crippen LogP contribution in [0.3, 0.4) is 0 Å². The van der Waals surface area contributed by atoms with Crippen molar-refractivity contribution in [1.82, 2.24) is 9.78 Å². The smallest absolute Gasteiger partial charge is 0.329 e. The summed E-state index contributed by atoms with van der Waals surface area (Å²) in [6.45, 7) is 0. The maximum Gasteiger partial charge on any atom is 0.329 e. The minimum Gasteiger partial charge on any atom is -0.481 e. The third-order valence-corrected chi connectivity index (χ3v) is 1.50. The molecule has 0 aliphatic heterocycles. The number of aromatic nitrogens is 2. The molecule has 1 aromatic heterocycles. The number of carboxylic acids is 2. The second-order valence-electron chi connectivity index (χ2n) is 2.44. The summed E-state index contributed by atoms with van der Waals surface area (Å²) >= 11 is 0. The summed E-state index contributed by atoms with van der Waals surface area (Å²) in [5.41, 5.74) is 0. The standard InChI is InChI=1S/C7H8N2O4/c10-6(11)4-5(7(12)13)9-3-1-2-8-9/h1-3,5H,4H2,(H,10,11)(H,12,13). The topological polar surface area (TPSA) is 92.4 Å². The number of aliphatic carboxylic acids is 2. The fourth-order valence-corrected chi connectivity index (χ4v) is 0.924. The Labute approximate surface area is 73.4 Å². The first-order chi connectivity index (χ1) is 6.11. The van der Waals surface area contributed by atoms with Crippen molar-refractivity contribution in [2.75, 3.05) is 0 Å². The van der Waals surface area contributed by atoms with E-state index in [1.807, 2.05) is 0 Å². The molecule has 0 bridgehead atoms. The van der Waals surface area contributed by atoms with E-state index in [2.05, 4.69) is 5.10 Å². The molecule has 6 nitrogen and oxygen atoms in total. The molecule has 0 radical (unpaired) electrons. The molecule has 0 spiro atoms. The van der Waals surface area contributed by atoms with Crippen molar-refractivity contribution in [2.24, 2.45) is 0 Å². The molecule has 0 aliphatic rings. The first kappa shape index (κ1) is 9.24. The van der Waals surface area contributed by atoms with E-state index in [1.165, 1.54) is 18.5 Å². The van der Waals surface area contributed by atoms with Crippen molar-refractivity contribution in [1.29, 1.82) is 0 Å². The summed E-state index contributed by atoms with van der Waals surface area (Å²) in [6.07, 6.45) is 2.34. The Balaban J connectivity index is 2.81. The zero-order valence-electron chi connectivity index (χ0n) is 6.62. The Morgan fingerprint density at radius 3 is 2.54 bits per heavy atom. The first-order valence-electron chi connectivity index (χ1n) is 3.55. The molecule has 2 N–H and O–H groups in total. The van der Waals surface area contributed by atoms with Crippen molar-refractivity contribution in [2.45, 2.75) is 12.5 Å². The molecule has 1 unspecified atom stereocenters. The number of rotatable bonds is 4. The molecule has 1 atom stereocenters. The molecule has 0 fully saturated rings. The lowest BCUT2D eigenvalue weighted by Crippen LogP contribution is -2.22. The van der Waals surface area contributed by atoms with Gasteiger partial charge in [0.25, 0.3) is 0 Å². The van der Waals surface area contributed by atoms with Gasteiger partial charge in [0.15, 0.2) is 6.04 Å². The molecule has 1 rings (SSSR count). The van der Waals surface area contributed by atoms with Gasteiger partial charge in [0, 0.05) is 12.4 Å². The van der Waals surface area contributed by atoms with E-state index in [0.717, 1.165) is 4.68 Å². The van der Waals surface area contributed by atoms with E-state index in [4.69, 9.17) is 10.2 Å². The molecule has 0 aromatic carbocycles. The zero-order chi connectivity index (χ0) is 9.84. The van der Waals surface area contributed by atoms with Gasteiger partial charge in [0.2, 0.25) is 0 Å². The van der Waals surface area contributed by atoms with E-state index in [1.54, 1.807) is 0 Å². The lowest BCUT2D eigenvalue weighted by molar-refractivity contribution is -0.147. The molecule has 0 saturated carbocycles. The highest BCUT2D eigenvalue weighted by Gasteiger charge is 2.22. The average Bonchev–Trinajstić information content (AvgIpc) is 2.50. The Hall–Kier alpha value is -1.85. The summed E-state index contributed by atoms with van der Waals surface area (Å²) in [5.74, 6) is -2.37. The quantitative estimate of drug-likeness (QED) is 0.686. The molecule has 0 saturated heterocycles. The molecule has 1 heterocycles. The van der Waals surface area contributed by atoms with Crippen LogP contribution in [-0.2, 0) is 9.59 Å². The van der Waals surface area contributed by atoms with Crippen LogP contribution in [0.1, 0.15) is 12.5 Å². The fraction of sp³-hybridized carbons (Fsp3) is 0.286. The minimum atomic E-state index is -1.20. The lowest BCUT2D eigenvalue weighted by atomic mass is 10.2. The van der Waals surface area contributed by atoms with Crippen molar-refractivity contribution in [3.63, 3.8) is 0 Å². The molecule has 6 heteroatoms. The molecule has 70 valence electrons. The van der Waals surface area contributed by atoms with E-state index in [0.29, 0.717) is 0 Å². The summed E-state index contributed by atoms with van der Waals surface area (Å²) in [7, 11) is 0. The molecular formula is C7H8N2O4. The summed E-state index contributed by atoms with van der Waals surface area (Å²) in [6, 6.07) is 0.408. The third-order valence-electron chi connectivity index (χ3n) is 1.50. The van der Waals surface area contributed by atoms with Gasteiger partial charge in [-0.2, -0.15) is 5.10 Å². The number of nitrogens with zero attached hydrogens (tertiary/aromatic N) is 2. The van der Waals surface area contributed by atoms with Gasteiger partial charge in [-0.3, -0.25) is 9.48 Å². The molecule has 13 heavy (non-hydrogen) atoms. The van der Waals surface area contributed by atoms with Crippen LogP contribution < -0.4 is 0 Å². The Kier molecular flexibility index (Phi) is 2.63. The van der Waals surface area contributed by atoms with Crippen LogP contribution in [-0.4, -0.2) is 31.9 Å². The van der Waals surface area contributed by atoms with Crippen LogP contribution in [0, 0.1) is 0 Å². The molecule has 1 aromatic rings. The summed E-state index contributed by atoms with van der Waals surface area (Å²) in [5, 5.41) is 20.8. The summed E-state index contributed by atoms with van der Waals surface area (Å²) in [4.78, 5) is 20.9. The van der Waals surface area contributed by atoms with E-state index in [9.17, 15) is 9.59 Å². The van der Waals surface area contributed by atoms with Gasteiger partial charge in [-0.1, -0.05) is 0 Å². The van der Waals surface area contributed by atoms with Crippen LogP contribution in [0.15, 0.2) is 18.5 Å². The van der Waals surface area contributed by atoms with Gasteiger partial charge in [-0.25, -0.2) is 4.79 Å². The second kappa shape index (κ2) is 3.70. The molecule has 0 amide bonds. The summed E-state index contributed by atoms with van der Waals surface area (Å²) < 4.78 is 1.11. The van der Waals surface area contributed by atoms with Crippen molar-refractivity contribution in [3.8, 4) is 0 Å². The Morgan fingerprint density at radius 1 is 1.46 bits per heavy atom. The van der Waals surface area contributed by atoms with Crippen LogP contribution in [0.4, 0.5) is 0 Å². The number of carbonyl (C=O) groups is 2. The normalized spacial score (nSPS) is 12.3. The third kappa shape index (κ3) is 2.29. The van der Waals surface area contributed by atoms with Crippen LogP contribution in [0.5, 0.6) is 0 Å². The number of hydrogen-bond acceptors (Lipinski definition) is 3. The number of carboxylic acid groups (broad SMARTS) is 2.